The van der Waals surface area contributed by atoms with E-state index in [2.05, 4.69) is 20.6 Å². The van der Waals surface area contributed by atoms with Gasteiger partial charge in [-0.3, -0.25) is 10.1 Å². The highest BCUT2D eigenvalue weighted by Crippen LogP contribution is 2.24. The Labute approximate surface area is 112 Å². The smallest absolute Gasteiger partial charge is 0.237 e. The molecule has 0 radical (unpaired) electrons. The second kappa shape index (κ2) is 5.30. The summed E-state index contributed by atoms with van der Waals surface area (Å²) in [7, 11) is 0. The van der Waals surface area contributed by atoms with E-state index < -0.39 is 0 Å². The number of rotatable bonds is 3. The van der Waals surface area contributed by atoms with Gasteiger partial charge in [0, 0.05) is 19.5 Å². The highest BCUT2D eigenvalue weighted by molar-refractivity contribution is 5.82. The molecule has 104 valence electrons. The molecule has 1 aromatic heterocycles. The molecule has 2 aliphatic rings. The van der Waals surface area contributed by atoms with Gasteiger partial charge in [-0.2, -0.15) is 0 Å². The number of carbonyl (C=O) groups excluding carboxylic acids is 1. The van der Waals surface area contributed by atoms with E-state index in [-0.39, 0.29) is 18.1 Å². The third kappa shape index (κ3) is 2.79. The van der Waals surface area contributed by atoms with Gasteiger partial charge < -0.3 is 15.4 Å². The lowest BCUT2D eigenvalue weighted by Crippen LogP contribution is -2.48. The van der Waals surface area contributed by atoms with Crippen molar-refractivity contribution in [1.29, 1.82) is 0 Å². The fraction of sp³-hybridized carbons (Fsp3) is 0.692. The average Bonchev–Trinajstić information content (AvgIpc) is 3.03. The van der Waals surface area contributed by atoms with Crippen LogP contribution in [0.4, 0.5) is 0 Å². The van der Waals surface area contributed by atoms with Crippen molar-refractivity contribution in [3.63, 3.8) is 0 Å². The number of fused-ring (bicyclic) bond motifs is 1. The fourth-order valence-corrected chi connectivity index (χ4v) is 2.96. The zero-order valence-electron chi connectivity index (χ0n) is 10.9. The number of amides is 1. The van der Waals surface area contributed by atoms with Gasteiger partial charge in [0.2, 0.25) is 5.91 Å². The lowest BCUT2D eigenvalue weighted by atomic mass is 10.0. The molecule has 1 aliphatic carbocycles. The van der Waals surface area contributed by atoms with Crippen LogP contribution in [0.15, 0.2) is 6.33 Å². The summed E-state index contributed by atoms with van der Waals surface area (Å²) in [5.74, 6) is 0.457. The lowest BCUT2D eigenvalue weighted by Gasteiger charge is -2.23. The largest absolute Gasteiger partial charge is 0.393 e. The number of imidazole rings is 1. The monoisotopic (exact) mass is 264 g/mol. The molecular weight excluding hydrogens is 244 g/mol. The molecule has 0 bridgehead atoms. The lowest BCUT2D eigenvalue weighted by molar-refractivity contribution is -0.123. The van der Waals surface area contributed by atoms with Crippen molar-refractivity contribution in [3.8, 4) is 0 Å². The topological polar surface area (TPSA) is 90.0 Å². The van der Waals surface area contributed by atoms with E-state index in [1.165, 1.54) is 0 Å². The van der Waals surface area contributed by atoms with Crippen LogP contribution in [-0.4, -0.2) is 39.7 Å². The molecule has 3 rings (SSSR count). The van der Waals surface area contributed by atoms with E-state index in [4.69, 9.17) is 0 Å². The third-order valence-electron chi connectivity index (χ3n) is 4.13. The molecule has 1 amide bonds. The number of aliphatic hydroxyl groups is 1. The third-order valence-corrected chi connectivity index (χ3v) is 4.13. The summed E-state index contributed by atoms with van der Waals surface area (Å²) in [6.45, 7) is 1.33. The van der Waals surface area contributed by atoms with Crippen LogP contribution in [0.25, 0.3) is 0 Å². The van der Waals surface area contributed by atoms with Crippen LogP contribution in [-0.2, 0) is 17.8 Å². The van der Waals surface area contributed by atoms with Crippen molar-refractivity contribution in [2.24, 2.45) is 5.92 Å². The molecule has 1 aromatic rings. The molecular formula is C13H20N4O2. The molecule has 0 spiro atoms. The second-order valence-corrected chi connectivity index (χ2v) is 5.54. The number of carbonyl (C=O) groups is 1. The molecule has 6 nitrogen and oxygen atoms in total. The van der Waals surface area contributed by atoms with Crippen molar-refractivity contribution >= 4 is 5.91 Å². The molecule has 3 unspecified atom stereocenters. The van der Waals surface area contributed by atoms with Gasteiger partial charge in [-0.1, -0.05) is 0 Å². The van der Waals surface area contributed by atoms with Gasteiger partial charge >= 0.3 is 0 Å². The van der Waals surface area contributed by atoms with Crippen LogP contribution in [0.3, 0.4) is 0 Å². The van der Waals surface area contributed by atoms with Crippen LogP contribution in [0.5, 0.6) is 0 Å². The first-order valence-electron chi connectivity index (χ1n) is 6.92. The number of H-pyrrole nitrogens is 1. The number of nitrogens with zero attached hydrogens (tertiary/aromatic N) is 1. The summed E-state index contributed by atoms with van der Waals surface area (Å²) in [4.78, 5) is 19.4. The minimum Gasteiger partial charge on any atom is -0.393 e. The van der Waals surface area contributed by atoms with Crippen molar-refractivity contribution in [2.75, 3.05) is 6.54 Å². The Hall–Kier alpha value is -1.40. The minimum atomic E-state index is -0.192. The molecule has 0 aromatic carbocycles. The molecule has 1 fully saturated rings. The predicted molar refractivity (Wildman–Crippen MR) is 69.3 cm³/mol. The minimum absolute atomic E-state index is 0.0371. The summed E-state index contributed by atoms with van der Waals surface area (Å²) < 4.78 is 0. The zero-order valence-corrected chi connectivity index (χ0v) is 10.9. The highest BCUT2D eigenvalue weighted by atomic mass is 16.3. The van der Waals surface area contributed by atoms with Crippen LogP contribution >= 0.6 is 0 Å². The van der Waals surface area contributed by atoms with E-state index in [1.807, 2.05) is 0 Å². The molecule has 1 saturated carbocycles. The van der Waals surface area contributed by atoms with Crippen molar-refractivity contribution < 1.29 is 9.90 Å². The zero-order chi connectivity index (χ0) is 13.2. The summed E-state index contributed by atoms with van der Waals surface area (Å²) in [6, 6.07) is -0.192. The quantitative estimate of drug-likeness (QED) is 0.603. The number of aromatic nitrogens is 2. The van der Waals surface area contributed by atoms with Gasteiger partial charge in [-0.05, 0) is 25.2 Å². The molecule has 4 N–H and O–H groups in total. The van der Waals surface area contributed by atoms with Crippen LogP contribution in [0.1, 0.15) is 30.7 Å². The Kier molecular flexibility index (Phi) is 3.52. The van der Waals surface area contributed by atoms with Gasteiger partial charge in [0.1, 0.15) is 0 Å². The van der Waals surface area contributed by atoms with E-state index in [0.29, 0.717) is 25.4 Å². The van der Waals surface area contributed by atoms with Crippen molar-refractivity contribution in [1.82, 2.24) is 20.6 Å². The number of hydrogen-bond acceptors (Lipinski definition) is 4. The van der Waals surface area contributed by atoms with E-state index >= 15 is 0 Å². The highest BCUT2D eigenvalue weighted by Gasteiger charge is 2.27. The molecule has 6 heteroatoms. The Bertz CT molecular complexity index is 459. The number of hydrogen-bond donors (Lipinski definition) is 4. The predicted octanol–water partition coefficient (Wildman–Crippen LogP) is -0.299. The number of aliphatic hydroxyl groups excluding tert-OH is 1. The van der Waals surface area contributed by atoms with Crippen molar-refractivity contribution in [3.05, 3.63) is 17.7 Å². The summed E-state index contributed by atoms with van der Waals surface area (Å²) in [6.07, 6.45) is 4.80. The molecule has 3 atom stereocenters. The second-order valence-electron chi connectivity index (χ2n) is 5.54. The normalized spacial score (nSPS) is 30.1. The summed E-state index contributed by atoms with van der Waals surface area (Å²) in [5.41, 5.74) is 2.05. The number of aromatic amines is 1. The van der Waals surface area contributed by atoms with E-state index in [0.717, 1.165) is 30.7 Å². The average molecular weight is 264 g/mol. The van der Waals surface area contributed by atoms with Gasteiger partial charge in [0.25, 0.3) is 0 Å². The van der Waals surface area contributed by atoms with Gasteiger partial charge in [-0.25, -0.2) is 4.98 Å². The Morgan fingerprint density at radius 2 is 2.42 bits per heavy atom. The maximum atomic E-state index is 12.1. The molecule has 19 heavy (non-hydrogen) atoms. The maximum absolute atomic E-state index is 12.1. The van der Waals surface area contributed by atoms with Gasteiger partial charge in [0.15, 0.2) is 0 Å². The molecule has 2 heterocycles. The Morgan fingerprint density at radius 1 is 1.53 bits per heavy atom. The van der Waals surface area contributed by atoms with Crippen LogP contribution in [0.2, 0.25) is 0 Å². The van der Waals surface area contributed by atoms with Crippen LogP contribution in [0, 0.1) is 5.92 Å². The van der Waals surface area contributed by atoms with Gasteiger partial charge in [-0.15, -0.1) is 0 Å². The molecule has 1 aliphatic heterocycles. The SMILES string of the molecule is O=C(NCC1CCC(O)C1)C1Cc2nc[nH]c2CN1. The first-order valence-corrected chi connectivity index (χ1v) is 6.92. The van der Waals surface area contributed by atoms with Crippen LogP contribution < -0.4 is 10.6 Å². The maximum Gasteiger partial charge on any atom is 0.237 e. The standard InChI is InChI=1S/C13H20N4O2/c18-9-2-1-8(3-9)5-15-13(19)11-4-10-12(6-14-11)17-7-16-10/h7-9,11,14,18H,1-6H2,(H,15,19)(H,16,17). The Morgan fingerprint density at radius 3 is 3.21 bits per heavy atom. The summed E-state index contributed by atoms with van der Waals surface area (Å²) in [5, 5.41) is 15.7. The summed E-state index contributed by atoms with van der Waals surface area (Å²) >= 11 is 0. The van der Waals surface area contributed by atoms with Gasteiger partial charge in [0.05, 0.1) is 29.9 Å². The van der Waals surface area contributed by atoms with E-state index in [9.17, 15) is 9.90 Å². The fourth-order valence-electron chi connectivity index (χ4n) is 2.96. The molecule has 0 saturated heterocycles. The van der Waals surface area contributed by atoms with E-state index in [1.54, 1.807) is 6.33 Å². The number of nitrogens with one attached hydrogen (secondary N) is 3. The first kappa shape index (κ1) is 12.6. The van der Waals surface area contributed by atoms with Crippen molar-refractivity contribution in [2.45, 2.75) is 44.4 Å². The Balaban J connectivity index is 1.49. The first-order chi connectivity index (χ1) is 9.22.